The molecule has 10 heteroatoms. The first kappa shape index (κ1) is 17.9. The molecule has 0 radical (unpaired) electrons. The molecule has 4 atom stereocenters. The fourth-order valence-electron chi connectivity index (χ4n) is 3.75. The number of fused-ring (bicyclic) bond motifs is 1. The van der Waals surface area contributed by atoms with E-state index in [0.717, 1.165) is 12.8 Å². The van der Waals surface area contributed by atoms with Gasteiger partial charge in [-0.15, -0.1) is 0 Å². The summed E-state index contributed by atoms with van der Waals surface area (Å²) < 4.78 is 7.16. The average molecular weight is 384 g/mol. The number of hydrogen-bond donors (Lipinski definition) is 4. The second-order valence-corrected chi connectivity index (χ2v) is 7.50. The summed E-state index contributed by atoms with van der Waals surface area (Å²) in [7, 11) is 0. The van der Waals surface area contributed by atoms with Gasteiger partial charge >= 0.3 is 0 Å². The van der Waals surface area contributed by atoms with Crippen molar-refractivity contribution in [3.8, 4) is 0 Å². The van der Waals surface area contributed by atoms with Crippen LogP contribution in [0.3, 0.4) is 0 Å². The van der Waals surface area contributed by atoms with Gasteiger partial charge in [-0.3, -0.25) is 4.57 Å². The lowest BCUT2D eigenvalue weighted by Crippen LogP contribution is -2.46. The van der Waals surface area contributed by atoms with Crippen molar-refractivity contribution in [1.82, 2.24) is 19.5 Å². The molecule has 0 spiro atoms. The van der Waals surface area contributed by atoms with Gasteiger partial charge in [0.25, 0.3) is 0 Å². The van der Waals surface area contributed by atoms with Gasteiger partial charge in [-0.1, -0.05) is 12.8 Å². The third-order valence-corrected chi connectivity index (χ3v) is 5.52. The molecule has 1 saturated heterocycles. The summed E-state index contributed by atoms with van der Waals surface area (Å²) in [5.41, 5.74) is -0.689. The van der Waals surface area contributed by atoms with Crippen LogP contribution >= 0.6 is 11.6 Å². The van der Waals surface area contributed by atoms with Crippen LogP contribution in [-0.2, 0) is 4.74 Å². The van der Waals surface area contributed by atoms with Crippen molar-refractivity contribution in [2.45, 2.75) is 62.7 Å². The number of ether oxygens (including phenoxy) is 1. The second kappa shape index (κ2) is 6.58. The van der Waals surface area contributed by atoms with Crippen LogP contribution in [0, 0.1) is 0 Å². The predicted octanol–water partition coefficient (Wildman–Crippen LogP) is 0.836. The highest BCUT2D eigenvalue weighted by atomic mass is 35.5. The van der Waals surface area contributed by atoms with Crippen LogP contribution in [0.2, 0.25) is 5.28 Å². The van der Waals surface area contributed by atoms with Crippen molar-refractivity contribution in [1.29, 1.82) is 0 Å². The van der Waals surface area contributed by atoms with Crippen LogP contribution in [0.5, 0.6) is 0 Å². The first-order valence-corrected chi connectivity index (χ1v) is 9.13. The van der Waals surface area contributed by atoms with Crippen molar-refractivity contribution in [2.24, 2.45) is 0 Å². The maximum absolute atomic E-state index is 10.5. The zero-order chi connectivity index (χ0) is 18.5. The molecule has 142 valence electrons. The molecule has 2 aromatic rings. The molecule has 1 saturated carbocycles. The van der Waals surface area contributed by atoms with E-state index < -0.39 is 30.6 Å². The molecule has 3 heterocycles. The molecule has 9 nitrogen and oxygen atoms in total. The molecule has 1 aliphatic heterocycles. The van der Waals surface area contributed by atoms with E-state index in [1.165, 1.54) is 30.7 Å². The van der Waals surface area contributed by atoms with Gasteiger partial charge in [-0.2, -0.15) is 9.97 Å². The number of rotatable bonds is 4. The minimum absolute atomic E-state index is 0.0534. The molecule has 2 aliphatic rings. The van der Waals surface area contributed by atoms with Gasteiger partial charge < -0.3 is 25.4 Å². The Morgan fingerprint density at radius 2 is 2.12 bits per heavy atom. The molecular formula is C16H22ClN5O4. The van der Waals surface area contributed by atoms with E-state index in [1.807, 2.05) is 0 Å². The van der Waals surface area contributed by atoms with Crippen molar-refractivity contribution in [3.63, 3.8) is 0 Å². The van der Waals surface area contributed by atoms with Gasteiger partial charge in [-0.25, -0.2) is 4.98 Å². The van der Waals surface area contributed by atoms with Crippen molar-refractivity contribution >= 4 is 28.6 Å². The summed E-state index contributed by atoms with van der Waals surface area (Å²) in [6.45, 7) is 1.00. The number of aliphatic hydroxyl groups excluding tert-OH is 2. The number of aliphatic hydroxyl groups is 3. The summed E-state index contributed by atoms with van der Waals surface area (Å²) in [6, 6.07) is 0.321. The van der Waals surface area contributed by atoms with E-state index in [4.69, 9.17) is 16.3 Å². The summed E-state index contributed by atoms with van der Waals surface area (Å²) in [5.74, 6) is 0.545. The van der Waals surface area contributed by atoms with E-state index in [0.29, 0.717) is 23.0 Å². The second-order valence-electron chi connectivity index (χ2n) is 7.16. The highest BCUT2D eigenvalue weighted by molar-refractivity contribution is 6.28. The number of anilines is 1. The Morgan fingerprint density at radius 3 is 2.77 bits per heavy atom. The van der Waals surface area contributed by atoms with Crippen LogP contribution in [0.4, 0.5) is 5.82 Å². The molecule has 4 N–H and O–H groups in total. The fourth-order valence-corrected chi connectivity index (χ4v) is 3.91. The van der Waals surface area contributed by atoms with Crippen LogP contribution < -0.4 is 5.32 Å². The molecule has 0 aromatic carbocycles. The monoisotopic (exact) mass is 383 g/mol. The van der Waals surface area contributed by atoms with E-state index in [1.54, 1.807) is 0 Å². The lowest BCUT2D eigenvalue weighted by molar-refractivity contribution is -0.0804. The number of hydrogen-bond acceptors (Lipinski definition) is 8. The number of halogens is 1. The van der Waals surface area contributed by atoms with Gasteiger partial charge in [0.1, 0.15) is 17.8 Å². The van der Waals surface area contributed by atoms with Crippen molar-refractivity contribution in [2.75, 3.05) is 11.9 Å². The van der Waals surface area contributed by atoms with Gasteiger partial charge in [0.05, 0.1) is 12.9 Å². The Hall–Kier alpha value is -1.52. The molecule has 1 aliphatic carbocycles. The Morgan fingerprint density at radius 1 is 1.38 bits per heavy atom. The lowest BCUT2D eigenvalue weighted by Gasteiger charge is -2.25. The topological polar surface area (TPSA) is 126 Å². The summed E-state index contributed by atoms with van der Waals surface area (Å²) in [6.07, 6.45) is 2.81. The molecule has 2 aromatic heterocycles. The van der Waals surface area contributed by atoms with Crippen LogP contribution in [0.25, 0.3) is 11.2 Å². The van der Waals surface area contributed by atoms with E-state index >= 15 is 0 Å². The third-order valence-electron chi connectivity index (χ3n) is 5.35. The van der Waals surface area contributed by atoms with Gasteiger partial charge in [0, 0.05) is 6.04 Å². The summed E-state index contributed by atoms with van der Waals surface area (Å²) in [5, 5.41) is 33.8. The number of imidazole rings is 1. The highest BCUT2D eigenvalue weighted by Gasteiger charge is 2.53. The molecule has 26 heavy (non-hydrogen) atoms. The molecule has 0 amide bonds. The first-order chi connectivity index (χ1) is 12.4. The Kier molecular flexibility index (Phi) is 4.52. The van der Waals surface area contributed by atoms with Gasteiger partial charge in [0.2, 0.25) is 5.28 Å². The molecule has 0 bridgehead atoms. The lowest BCUT2D eigenvalue weighted by atomic mass is 9.95. The molecule has 3 unspecified atom stereocenters. The van der Waals surface area contributed by atoms with E-state index in [2.05, 4.69) is 20.3 Å². The zero-order valence-corrected chi connectivity index (χ0v) is 15.1. The zero-order valence-electron chi connectivity index (χ0n) is 14.3. The average Bonchev–Trinajstić information content (AvgIpc) is 3.29. The molecule has 2 fully saturated rings. The minimum Gasteiger partial charge on any atom is -0.394 e. The number of aromatic nitrogens is 4. The predicted molar refractivity (Wildman–Crippen MR) is 93.8 cm³/mol. The standard InChI is InChI=1S/C16H22ClN5O4/c1-16(25)9(6-23)26-14(11(16)24)22-7-18-10-12(19-8-4-2-3-5-8)20-15(17)21-13(10)22/h7-9,11,14,23-25H,2-6H2,1H3,(H,19,20,21)/t9?,11?,14?,16-/m1/s1. The maximum atomic E-state index is 10.5. The normalized spacial score (nSPS) is 32.6. The van der Waals surface area contributed by atoms with Gasteiger partial charge in [0.15, 0.2) is 23.2 Å². The third kappa shape index (κ3) is 2.84. The Labute approximate surface area is 155 Å². The molecular weight excluding hydrogens is 362 g/mol. The molecule has 4 rings (SSSR count). The van der Waals surface area contributed by atoms with Crippen LogP contribution in [-0.4, -0.2) is 65.3 Å². The first-order valence-electron chi connectivity index (χ1n) is 8.75. The highest BCUT2D eigenvalue weighted by Crippen LogP contribution is 2.38. The van der Waals surface area contributed by atoms with Crippen LogP contribution in [0.1, 0.15) is 38.8 Å². The van der Waals surface area contributed by atoms with Crippen molar-refractivity contribution < 1.29 is 20.1 Å². The largest absolute Gasteiger partial charge is 0.394 e. The van der Waals surface area contributed by atoms with Crippen molar-refractivity contribution in [3.05, 3.63) is 11.6 Å². The number of nitrogens with one attached hydrogen (secondary N) is 1. The maximum Gasteiger partial charge on any atom is 0.226 e. The fraction of sp³-hybridized carbons (Fsp3) is 0.688. The minimum atomic E-state index is -1.60. The SMILES string of the molecule is C[C@@]1(O)C(CO)OC(n2cnc3c(NC4CCCC4)nc(Cl)nc32)C1O. The Bertz CT molecular complexity index is 807. The van der Waals surface area contributed by atoms with E-state index in [-0.39, 0.29) is 5.28 Å². The van der Waals surface area contributed by atoms with E-state index in [9.17, 15) is 15.3 Å². The Balaban J connectivity index is 1.72. The smallest absolute Gasteiger partial charge is 0.226 e. The van der Waals surface area contributed by atoms with Gasteiger partial charge in [-0.05, 0) is 31.4 Å². The quantitative estimate of drug-likeness (QED) is 0.572. The number of nitrogens with zero attached hydrogens (tertiary/aromatic N) is 4. The summed E-state index contributed by atoms with van der Waals surface area (Å²) >= 11 is 6.10. The summed E-state index contributed by atoms with van der Waals surface area (Å²) in [4.78, 5) is 12.8. The van der Waals surface area contributed by atoms with Crippen LogP contribution in [0.15, 0.2) is 6.33 Å².